The van der Waals surface area contributed by atoms with Crippen LogP contribution in [-0.4, -0.2) is 62.3 Å². The molecular weight excluding hydrogens is 287 g/mol. The molecule has 0 amide bonds. The second-order valence-electron chi connectivity index (χ2n) is 4.08. The standard InChI is InChI=1S/C10H13N4O5P/c1-12-9-5(8(11)18-2)14(20-13-9)10-7(17)6(16)4(3-15)19-10/h4,6-7,10-11,15-17H,3H2,2H3. The fourth-order valence-corrected chi connectivity index (χ4v) is 2.81. The predicted octanol–water partition coefficient (Wildman–Crippen LogP) is -0.403. The summed E-state index contributed by atoms with van der Waals surface area (Å²) in [6.45, 7) is 6.57. The van der Waals surface area contributed by atoms with Crippen LogP contribution in [-0.2, 0) is 9.47 Å². The molecule has 0 aliphatic carbocycles. The highest BCUT2D eigenvalue weighted by molar-refractivity contribution is 7.21. The number of hydrogen-bond donors (Lipinski definition) is 4. The Morgan fingerprint density at radius 3 is 2.80 bits per heavy atom. The quantitative estimate of drug-likeness (QED) is 0.342. The van der Waals surface area contributed by atoms with Crippen molar-refractivity contribution in [2.24, 2.45) is 0 Å². The van der Waals surface area contributed by atoms with E-state index in [0.29, 0.717) is 0 Å². The highest BCUT2D eigenvalue weighted by Gasteiger charge is 2.45. The van der Waals surface area contributed by atoms with Gasteiger partial charge >= 0.3 is 5.82 Å². The first-order chi connectivity index (χ1) is 9.54. The van der Waals surface area contributed by atoms with Crippen LogP contribution in [0.15, 0.2) is 0 Å². The summed E-state index contributed by atoms with van der Waals surface area (Å²) in [7, 11) is 1.55. The molecule has 1 aliphatic rings. The number of methoxy groups -OCH3 is 1. The first-order valence-corrected chi connectivity index (χ1v) is 6.43. The van der Waals surface area contributed by atoms with Gasteiger partial charge in [-0.15, -0.1) is 0 Å². The van der Waals surface area contributed by atoms with Crippen molar-refractivity contribution in [2.45, 2.75) is 24.5 Å². The lowest BCUT2D eigenvalue weighted by molar-refractivity contribution is -0.0480. The van der Waals surface area contributed by atoms with Crippen molar-refractivity contribution in [3.63, 3.8) is 0 Å². The molecule has 0 spiro atoms. The minimum Gasteiger partial charge on any atom is -0.481 e. The molecule has 1 aromatic heterocycles. The Labute approximate surface area is 115 Å². The van der Waals surface area contributed by atoms with E-state index in [2.05, 4.69) is 9.59 Å². The lowest BCUT2D eigenvalue weighted by Gasteiger charge is -2.17. The zero-order valence-electron chi connectivity index (χ0n) is 10.5. The van der Waals surface area contributed by atoms with Crippen LogP contribution < -0.4 is 0 Å². The van der Waals surface area contributed by atoms with Crippen LogP contribution in [0.5, 0.6) is 0 Å². The summed E-state index contributed by atoms with van der Waals surface area (Å²) in [5, 5.41) is 36.5. The molecule has 20 heavy (non-hydrogen) atoms. The van der Waals surface area contributed by atoms with Crippen molar-refractivity contribution < 1.29 is 24.8 Å². The molecule has 1 saturated heterocycles. The van der Waals surface area contributed by atoms with Gasteiger partial charge in [-0.3, -0.25) is 9.74 Å². The van der Waals surface area contributed by atoms with Crippen LogP contribution in [0.25, 0.3) is 4.85 Å². The molecule has 4 N–H and O–H groups in total. The van der Waals surface area contributed by atoms with Gasteiger partial charge in [-0.2, -0.15) is 0 Å². The lowest BCUT2D eigenvalue weighted by atomic mass is 10.1. The fraction of sp³-hybridized carbons (Fsp3) is 0.600. The Kier molecular flexibility index (Phi) is 4.32. The Balaban J connectivity index is 2.42. The number of nitrogens with one attached hydrogen (secondary N) is 1. The van der Waals surface area contributed by atoms with Gasteiger partial charge in [0.05, 0.1) is 13.7 Å². The summed E-state index contributed by atoms with van der Waals surface area (Å²) < 4.78 is 15.4. The number of aliphatic hydroxyl groups is 3. The zero-order valence-corrected chi connectivity index (χ0v) is 11.4. The molecule has 1 aromatic rings. The van der Waals surface area contributed by atoms with Crippen LogP contribution in [0.1, 0.15) is 11.9 Å². The van der Waals surface area contributed by atoms with E-state index in [1.807, 2.05) is 0 Å². The summed E-state index contributed by atoms with van der Waals surface area (Å²) in [6, 6.07) is 0. The van der Waals surface area contributed by atoms with Gasteiger partial charge in [0, 0.05) is 0 Å². The third-order valence-electron chi connectivity index (χ3n) is 2.96. The van der Waals surface area contributed by atoms with Crippen molar-refractivity contribution in [3.05, 3.63) is 17.1 Å². The van der Waals surface area contributed by atoms with Crippen molar-refractivity contribution in [2.75, 3.05) is 13.7 Å². The third-order valence-corrected chi connectivity index (χ3v) is 3.86. The second-order valence-corrected chi connectivity index (χ2v) is 4.89. The van der Waals surface area contributed by atoms with Gasteiger partial charge in [0.15, 0.2) is 6.23 Å². The maximum absolute atomic E-state index is 9.97. The molecular formula is C10H13N4O5P. The van der Waals surface area contributed by atoms with Crippen LogP contribution in [0.4, 0.5) is 5.82 Å². The highest BCUT2D eigenvalue weighted by atomic mass is 31.1. The van der Waals surface area contributed by atoms with Crippen LogP contribution in [0.3, 0.4) is 0 Å². The minimum atomic E-state index is -1.29. The van der Waals surface area contributed by atoms with E-state index in [-0.39, 0.29) is 25.9 Å². The van der Waals surface area contributed by atoms with Crippen molar-refractivity contribution in [1.82, 2.24) is 9.08 Å². The Morgan fingerprint density at radius 1 is 1.60 bits per heavy atom. The average molecular weight is 300 g/mol. The van der Waals surface area contributed by atoms with Gasteiger partial charge in [-0.1, -0.05) is 11.3 Å². The molecule has 0 radical (unpaired) electrons. The van der Waals surface area contributed by atoms with E-state index in [4.69, 9.17) is 26.6 Å². The summed E-state index contributed by atoms with van der Waals surface area (Å²) in [6.07, 6.45) is -4.49. The SMILES string of the molecule is [C-]#[N+]c1npn(C2OC(CO)C(O)C2O)c1C(=N)OC. The Bertz CT molecular complexity index is 556. The molecule has 1 aliphatic heterocycles. The monoisotopic (exact) mass is 300 g/mol. The van der Waals surface area contributed by atoms with Gasteiger partial charge < -0.3 is 29.6 Å². The summed E-state index contributed by atoms with van der Waals surface area (Å²) >= 11 is 0. The molecule has 9 nitrogen and oxygen atoms in total. The second kappa shape index (κ2) is 5.83. The van der Waals surface area contributed by atoms with Crippen molar-refractivity contribution in [3.8, 4) is 0 Å². The molecule has 0 aromatic carbocycles. The van der Waals surface area contributed by atoms with Gasteiger partial charge in [0.2, 0.25) is 5.90 Å². The number of aliphatic hydroxyl groups excluding tert-OH is 3. The highest BCUT2D eigenvalue weighted by Crippen LogP contribution is 2.36. The van der Waals surface area contributed by atoms with E-state index in [9.17, 15) is 10.2 Å². The molecule has 0 saturated carbocycles. The number of hydrogen-bond acceptors (Lipinski definition) is 7. The Morgan fingerprint density at radius 2 is 2.30 bits per heavy atom. The van der Waals surface area contributed by atoms with E-state index in [1.54, 1.807) is 0 Å². The summed E-state index contributed by atoms with van der Waals surface area (Å²) in [5.74, 6) is -0.321. The van der Waals surface area contributed by atoms with Crippen molar-refractivity contribution >= 4 is 20.2 Å². The van der Waals surface area contributed by atoms with Gasteiger partial charge in [0.1, 0.15) is 24.0 Å². The largest absolute Gasteiger partial charge is 0.481 e. The smallest absolute Gasteiger partial charge is 0.304 e. The maximum atomic E-state index is 9.97. The molecule has 1 fully saturated rings. The predicted molar refractivity (Wildman–Crippen MR) is 67.8 cm³/mol. The van der Waals surface area contributed by atoms with E-state index in [1.165, 1.54) is 11.4 Å². The summed E-state index contributed by atoms with van der Waals surface area (Å²) in [5.41, 5.74) is 0.0824. The maximum Gasteiger partial charge on any atom is 0.304 e. The zero-order chi connectivity index (χ0) is 14.9. The first kappa shape index (κ1) is 14.8. The normalized spacial score (nSPS) is 29.6. The molecule has 2 heterocycles. The first-order valence-electron chi connectivity index (χ1n) is 5.63. The van der Waals surface area contributed by atoms with Gasteiger partial charge in [0.25, 0.3) is 8.51 Å². The fourth-order valence-electron chi connectivity index (χ4n) is 1.92. The minimum absolute atomic E-state index is 0.0312. The number of aromatic nitrogens is 2. The Hall–Kier alpha value is -1.56. The van der Waals surface area contributed by atoms with E-state index in [0.717, 1.165) is 0 Å². The summed E-state index contributed by atoms with van der Waals surface area (Å²) in [4.78, 5) is 3.19. The van der Waals surface area contributed by atoms with Crippen LogP contribution in [0, 0.1) is 12.0 Å². The number of rotatable bonds is 3. The molecule has 2 rings (SSSR count). The third kappa shape index (κ3) is 2.28. The number of ether oxygens (including phenoxy) is 2. The van der Waals surface area contributed by atoms with Crippen LogP contribution >= 0.6 is 8.51 Å². The van der Waals surface area contributed by atoms with Crippen LogP contribution in [0.2, 0.25) is 0 Å². The molecule has 0 bridgehead atoms. The molecule has 4 atom stereocenters. The van der Waals surface area contributed by atoms with Gasteiger partial charge in [-0.05, 0) is 0 Å². The van der Waals surface area contributed by atoms with Crippen molar-refractivity contribution in [1.29, 1.82) is 5.41 Å². The van der Waals surface area contributed by atoms with E-state index >= 15 is 0 Å². The molecule has 108 valence electrons. The molecule has 10 heteroatoms. The number of nitrogens with zero attached hydrogens (tertiary/aromatic N) is 3. The topological polar surface area (TPSA) is 125 Å². The average Bonchev–Trinajstić information content (AvgIpc) is 3.00. The lowest BCUT2D eigenvalue weighted by Crippen LogP contribution is -2.33. The van der Waals surface area contributed by atoms with Gasteiger partial charge in [-0.25, -0.2) is 0 Å². The van der Waals surface area contributed by atoms with E-state index < -0.39 is 31.1 Å². The molecule has 4 unspecified atom stereocenters.